The van der Waals surface area contributed by atoms with Gasteiger partial charge in [0.25, 0.3) is 0 Å². The average Bonchev–Trinajstić information content (AvgIpc) is 2.71. The zero-order valence-corrected chi connectivity index (χ0v) is 11.8. The SMILES string of the molecule is CCOC(=O)c1cnn(-c2cccc(Br)n2)c1Cl. The van der Waals surface area contributed by atoms with Crippen LogP contribution < -0.4 is 0 Å². The third-order valence-corrected chi connectivity index (χ3v) is 2.93. The minimum atomic E-state index is -0.497. The van der Waals surface area contributed by atoms with Crippen molar-refractivity contribution in [3.63, 3.8) is 0 Å². The van der Waals surface area contributed by atoms with Gasteiger partial charge in [-0.2, -0.15) is 5.10 Å². The Bertz CT molecular complexity index is 585. The Balaban J connectivity index is 2.39. The van der Waals surface area contributed by atoms with E-state index in [1.807, 2.05) is 0 Å². The van der Waals surface area contributed by atoms with Gasteiger partial charge in [-0.25, -0.2) is 14.5 Å². The van der Waals surface area contributed by atoms with Gasteiger partial charge in [0, 0.05) is 0 Å². The van der Waals surface area contributed by atoms with Gasteiger partial charge in [0.15, 0.2) is 5.82 Å². The Hall–Kier alpha value is -1.40. The van der Waals surface area contributed by atoms with E-state index in [0.29, 0.717) is 10.4 Å². The number of hydrogen-bond donors (Lipinski definition) is 0. The molecular formula is C11H9BrClN3O2. The lowest BCUT2D eigenvalue weighted by molar-refractivity contribution is 0.0526. The molecule has 0 atom stereocenters. The number of esters is 1. The summed E-state index contributed by atoms with van der Waals surface area (Å²) in [7, 11) is 0. The molecule has 0 amide bonds. The highest BCUT2D eigenvalue weighted by Crippen LogP contribution is 2.20. The van der Waals surface area contributed by atoms with Crippen LogP contribution >= 0.6 is 27.5 Å². The van der Waals surface area contributed by atoms with Crippen LogP contribution in [0.3, 0.4) is 0 Å². The maximum atomic E-state index is 11.6. The molecule has 18 heavy (non-hydrogen) atoms. The van der Waals surface area contributed by atoms with Crippen LogP contribution in [0, 0.1) is 0 Å². The number of nitrogens with zero attached hydrogens (tertiary/aromatic N) is 3. The van der Waals surface area contributed by atoms with E-state index in [2.05, 4.69) is 26.0 Å². The molecule has 0 aromatic carbocycles. The van der Waals surface area contributed by atoms with E-state index in [0.717, 1.165) is 0 Å². The van der Waals surface area contributed by atoms with E-state index < -0.39 is 5.97 Å². The van der Waals surface area contributed by atoms with Crippen LogP contribution in [-0.2, 0) is 4.74 Å². The molecule has 0 fully saturated rings. The molecule has 2 aromatic rings. The normalized spacial score (nSPS) is 10.4. The van der Waals surface area contributed by atoms with Crippen LogP contribution in [0.25, 0.3) is 5.82 Å². The molecule has 94 valence electrons. The van der Waals surface area contributed by atoms with Gasteiger partial charge >= 0.3 is 5.97 Å². The maximum absolute atomic E-state index is 11.6. The Labute approximate surface area is 117 Å². The van der Waals surface area contributed by atoms with Crippen molar-refractivity contribution < 1.29 is 9.53 Å². The molecule has 7 heteroatoms. The smallest absolute Gasteiger partial charge is 0.342 e. The van der Waals surface area contributed by atoms with E-state index in [4.69, 9.17) is 16.3 Å². The van der Waals surface area contributed by atoms with E-state index in [1.54, 1.807) is 25.1 Å². The molecule has 0 spiro atoms. The highest BCUT2D eigenvalue weighted by atomic mass is 79.9. The zero-order valence-electron chi connectivity index (χ0n) is 9.43. The highest BCUT2D eigenvalue weighted by Gasteiger charge is 2.18. The topological polar surface area (TPSA) is 57.0 Å². The van der Waals surface area contributed by atoms with E-state index in [1.165, 1.54) is 10.9 Å². The molecule has 2 heterocycles. The zero-order chi connectivity index (χ0) is 13.1. The van der Waals surface area contributed by atoms with Crippen LogP contribution in [0.1, 0.15) is 17.3 Å². The number of halogens is 2. The van der Waals surface area contributed by atoms with Crippen molar-refractivity contribution in [2.45, 2.75) is 6.92 Å². The quantitative estimate of drug-likeness (QED) is 0.641. The second-order valence-electron chi connectivity index (χ2n) is 3.30. The second-order valence-corrected chi connectivity index (χ2v) is 4.47. The van der Waals surface area contributed by atoms with Crippen LogP contribution in [0.15, 0.2) is 29.0 Å². The number of ether oxygens (including phenoxy) is 1. The fourth-order valence-electron chi connectivity index (χ4n) is 1.35. The summed E-state index contributed by atoms with van der Waals surface area (Å²) in [6.45, 7) is 2.02. The van der Waals surface area contributed by atoms with Gasteiger partial charge in [0.05, 0.1) is 12.8 Å². The first kappa shape index (κ1) is 13.0. The molecule has 0 bridgehead atoms. The summed E-state index contributed by atoms with van der Waals surface area (Å²) >= 11 is 9.34. The predicted octanol–water partition coefficient (Wildman–Crippen LogP) is 2.86. The molecule has 0 unspecified atom stereocenters. The lowest BCUT2D eigenvalue weighted by atomic mass is 10.4. The lowest BCUT2D eigenvalue weighted by Crippen LogP contribution is -2.05. The first-order valence-corrected chi connectivity index (χ1v) is 6.34. The molecule has 0 aliphatic rings. The minimum absolute atomic E-state index is 0.180. The van der Waals surface area contributed by atoms with Crippen molar-refractivity contribution in [3.05, 3.63) is 39.7 Å². The van der Waals surface area contributed by atoms with Gasteiger partial charge in [0.2, 0.25) is 0 Å². The summed E-state index contributed by atoms with van der Waals surface area (Å²) in [6, 6.07) is 5.32. The van der Waals surface area contributed by atoms with Crippen molar-refractivity contribution in [1.82, 2.24) is 14.8 Å². The van der Waals surface area contributed by atoms with E-state index in [9.17, 15) is 4.79 Å². The van der Waals surface area contributed by atoms with Gasteiger partial charge in [-0.3, -0.25) is 0 Å². The molecule has 0 radical (unpaired) electrons. The standard InChI is InChI=1S/C11H9BrClN3O2/c1-2-18-11(17)7-6-14-16(10(7)13)9-5-3-4-8(12)15-9/h3-6H,2H2,1H3. The predicted molar refractivity (Wildman–Crippen MR) is 70.0 cm³/mol. The van der Waals surface area contributed by atoms with Crippen molar-refractivity contribution in [3.8, 4) is 5.82 Å². The van der Waals surface area contributed by atoms with Gasteiger partial charge in [-0.1, -0.05) is 17.7 Å². The maximum Gasteiger partial charge on any atom is 0.342 e. The fourth-order valence-corrected chi connectivity index (χ4v) is 1.94. The van der Waals surface area contributed by atoms with Crippen molar-refractivity contribution in [2.24, 2.45) is 0 Å². The number of carbonyl (C=O) groups is 1. The molecule has 5 nitrogen and oxygen atoms in total. The van der Waals surface area contributed by atoms with Crippen LogP contribution in [0.4, 0.5) is 0 Å². The number of aromatic nitrogens is 3. The summed E-state index contributed by atoms with van der Waals surface area (Å²) in [6.07, 6.45) is 1.36. The number of pyridine rings is 1. The largest absolute Gasteiger partial charge is 0.462 e. The van der Waals surface area contributed by atoms with Crippen LogP contribution in [0.2, 0.25) is 5.15 Å². The Morgan fingerprint density at radius 1 is 1.56 bits per heavy atom. The molecule has 0 aliphatic carbocycles. The first-order valence-electron chi connectivity index (χ1n) is 5.17. The molecular weight excluding hydrogens is 321 g/mol. The third kappa shape index (κ3) is 2.54. The number of hydrogen-bond acceptors (Lipinski definition) is 4. The van der Waals surface area contributed by atoms with Crippen LogP contribution in [0.5, 0.6) is 0 Å². The molecule has 0 saturated heterocycles. The Morgan fingerprint density at radius 3 is 3.00 bits per heavy atom. The molecule has 2 rings (SSSR count). The third-order valence-electron chi connectivity index (χ3n) is 2.12. The second kappa shape index (κ2) is 5.49. The molecule has 0 aliphatic heterocycles. The minimum Gasteiger partial charge on any atom is -0.462 e. The van der Waals surface area contributed by atoms with Crippen LogP contribution in [-0.4, -0.2) is 27.3 Å². The van der Waals surface area contributed by atoms with Gasteiger partial charge in [0.1, 0.15) is 15.3 Å². The van der Waals surface area contributed by atoms with Crippen molar-refractivity contribution in [1.29, 1.82) is 0 Å². The lowest BCUT2D eigenvalue weighted by Gasteiger charge is -2.03. The summed E-state index contributed by atoms with van der Waals surface area (Å²) in [5.74, 6) is 0.0219. The summed E-state index contributed by atoms with van der Waals surface area (Å²) in [5, 5.41) is 4.21. The fraction of sp³-hybridized carbons (Fsp3) is 0.182. The van der Waals surface area contributed by atoms with E-state index >= 15 is 0 Å². The molecule has 0 N–H and O–H groups in total. The molecule has 0 saturated carbocycles. The summed E-state index contributed by atoms with van der Waals surface area (Å²) < 4.78 is 6.91. The number of carbonyl (C=O) groups excluding carboxylic acids is 1. The van der Waals surface area contributed by atoms with Crippen molar-refractivity contribution >= 4 is 33.5 Å². The van der Waals surface area contributed by atoms with Crippen molar-refractivity contribution in [2.75, 3.05) is 6.61 Å². The average molecular weight is 331 g/mol. The van der Waals surface area contributed by atoms with Gasteiger partial charge < -0.3 is 4.74 Å². The number of rotatable bonds is 3. The monoisotopic (exact) mass is 329 g/mol. The summed E-state index contributed by atoms with van der Waals surface area (Å²) in [5.41, 5.74) is 0.222. The van der Waals surface area contributed by atoms with Gasteiger partial charge in [-0.05, 0) is 35.0 Å². The highest BCUT2D eigenvalue weighted by molar-refractivity contribution is 9.10. The summed E-state index contributed by atoms with van der Waals surface area (Å²) in [4.78, 5) is 15.8. The Kier molecular flexibility index (Phi) is 3.98. The first-order chi connectivity index (χ1) is 8.63. The molecule has 2 aromatic heterocycles. The Morgan fingerprint density at radius 2 is 2.33 bits per heavy atom. The van der Waals surface area contributed by atoms with Gasteiger partial charge in [-0.15, -0.1) is 0 Å². The van der Waals surface area contributed by atoms with E-state index in [-0.39, 0.29) is 17.3 Å².